The molecule has 32 heavy (non-hydrogen) atoms. The van der Waals surface area contributed by atoms with E-state index in [9.17, 15) is 19.4 Å². The van der Waals surface area contributed by atoms with Crippen LogP contribution in [0.25, 0.3) is 28.2 Å². The number of pyridine rings is 1. The van der Waals surface area contributed by atoms with Crippen LogP contribution in [0.2, 0.25) is 0 Å². The van der Waals surface area contributed by atoms with Crippen molar-refractivity contribution in [3.8, 4) is 11.1 Å². The number of rotatable bonds is 9. The number of aliphatic carboxylic acids is 1. The first-order valence-corrected chi connectivity index (χ1v) is 10.8. The fraction of sp³-hybridized carbons (Fsp3) is 0.375. The van der Waals surface area contributed by atoms with E-state index in [4.69, 9.17) is 10.1 Å². The molecule has 0 radical (unpaired) electrons. The normalized spacial score (nSPS) is 14.5. The Morgan fingerprint density at radius 3 is 2.62 bits per heavy atom. The van der Waals surface area contributed by atoms with Gasteiger partial charge in [-0.1, -0.05) is 24.3 Å². The van der Waals surface area contributed by atoms with Gasteiger partial charge in [-0.3, -0.25) is 0 Å². The van der Waals surface area contributed by atoms with E-state index in [1.165, 1.54) is 12.1 Å². The summed E-state index contributed by atoms with van der Waals surface area (Å²) in [4.78, 5) is 15.8. The number of hydrogen-bond donors (Lipinski definition) is 3. The summed E-state index contributed by atoms with van der Waals surface area (Å²) < 4.78 is 15.5. The standard InChI is InChI=1S/C24H26FN3O4/c1-2-28-22-19(14-26-28)20(15-9-11-17(25)12-10-15)18(21(27-22)16-7-8-16)6-4-3-5-13-24(31,32)23(29)30/h4,6,9-12,14,16,31-32H,2-3,5,7-8,13H2,1H3,(H,29,30). The fourth-order valence-electron chi connectivity index (χ4n) is 3.89. The van der Waals surface area contributed by atoms with E-state index in [1.54, 1.807) is 18.3 Å². The summed E-state index contributed by atoms with van der Waals surface area (Å²) in [6.07, 6.45) is 8.24. The van der Waals surface area contributed by atoms with Crippen LogP contribution < -0.4 is 0 Å². The van der Waals surface area contributed by atoms with Gasteiger partial charge in [-0.05, 0) is 50.3 Å². The van der Waals surface area contributed by atoms with Crippen LogP contribution in [0, 0.1) is 5.82 Å². The molecule has 0 amide bonds. The zero-order valence-corrected chi connectivity index (χ0v) is 17.8. The molecule has 1 fully saturated rings. The SMILES string of the molecule is CCn1ncc2c(-c3ccc(F)cc3)c(C=CCCCC(O)(O)C(=O)O)c(C3CC3)nc21. The number of carboxylic acid groups (broad SMARTS) is 1. The molecule has 0 atom stereocenters. The van der Waals surface area contributed by atoms with Gasteiger partial charge in [-0.25, -0.2) is 18.9 Å². The number of fused-ring (bicyclic) bond motifs is 1. The first-order chi connectivity index (χ1) is 15.3. The van der Waals surface area contributed by atoms with Crippen LogP contribution in [0.3, 0.4) is 0 Å². The van der Waals surface area contributed by atoms with Crippen molar-refractivity contribution in [2.45, 2.75) is 57.3 Å². The number of aliphatic hydroxyl groups is 2. The lowest BCUT2D eigenvalue weighted by Crippen LogP contribution is -2.37. The molecule has 1 aliphatic rings. The maximum Gasteiger partial charge on any atom is 0.364 e. The molecule has 0 spiro atoms. The number of carbonyl (C=O) groups is 1. The predicted molar refractivity (Wildman–Crippen MR) is 118 cm³/mol. The van der Waals surface area contributed by atoms with E-state index in [-0.39, 0.29) is 12.2 Å². The largest absolute Gasteiger partial charge is 0.477 e. The summed E-state index contributed by atoms with van der Waals surface area (Å²) in [5, 5.41) is 33.1. The van der Waals surface area contributed by atoms with Crippen LogP contribution in [0.5, 0.6) is 0 Å². The van der Waals surface area contributed by atoms with Crippen molar-refractivity contribution in [2.24, 2.45) is 0 Å². The maximum absolute atomic E-state index is 13.6. The Morgan fingerprint density at radius 2 is 2.00 bits per heavy atom. The number of hydrogen-bond acceptors (Lipinski definition) is 5. The Balaban J connectivity index is 1.74. The minimum atomic E-state index is -2.72. The average molecular weight is 439 g/mol. The van der Waals surface area contributed by atoms with Gasteiger partial charge in [-0.15, -0.1) is 0 Å². The quantitative estimate of drug-likeness (QED) is 0.342. The van der Waals surface area contributed by atoms with Crippen LogP contribution >= 0.6 is 0 Å². The van der Waals surface area contributed by atoms with Gasteiger partial charge in [0.15, 0.2) is 5.65 Å². The number of carboxylic acids is 1. The summed E-state index contributed by atoms with van der Waals surface area (Å²) in [5.41, 5.74) is 4.54. The highest BCUT2D eigenvalue weighted by molar-refractivity contribution is 5.98. The van der Waals surface area contributed by atoms with E-state index in [1.807, 2.05) is 23.8 Å². The topological polar surface area (TPSA) is 108 Å². The smallest absolute Gasteiger partial charge is 0.364 e. The van der Waals surface area contributed by atoms with Gasteiger partial charge < -0.3 is 15.3 Å². The average Bonchev–Trinajstić information content (AvgIpc) is 3.53. The molecule has 168 valence electrons. The first-order valence-electron chi connectivity index (χ1n) is 10.8. The highest BCUT2D eigenvalue weighted by Crippen LogP contribution is 2.45. The Kier molecular flexibility index (Phi) is 6.08. The highest BCUT2D eigenvalue weighted by Gasteiger charge is 2.32. The van der Waals surface area contributed by atoms with Crippen molar-refractivity contribution in [3.05, 3.63) is 53.6 Å². The molecule has 2 aromatic heterocycles. The van der Waals surface area contributed by atoms with Crippen LogP contribution in [0.15, 0.2) is 36.5 Å². The third-order valence-corrected chi connectivity index (χ3v) is 5.77. The molecule has 1 saturated carbocycles. The van der Waals surface area contributed by atoms with Crippen LogP contribution in [-0.4, -0.2) is 41.8 Å². The molecule has 7 nitrogen and oxygen atoms in total. The summed E-state index contributed by atoms with van der Waals surface area (Å²) in [6.45, 7) is 2.70. The predicted octanol–water partition coefficient (Wildman–Crippen LogP) is 4.08. The lowest BCUT2D eigenvalue weighted by atomic mass is 9.94. The van der Waals surface area contributed by atoms with Gasteiger partial charge in [-0.2, -0.15) is 5.10 Å². The number of benzene rings is 1. The van der Waals surface area contributed by atoms with Gasteiger partial charge in [0.1, 0.15) is 5.82 Å². The summed E-state index contributed by atoms with van der Waals surface area (Å²) >= 11 is 0. The second-order valence-electron chi connectivity index (χ2n) is 8.18. The Bertz CT molecular complexity index is 1160. The fourth-order valence-corrected chi connectivity index (χ4v) is 3.89. The minimum Gasteiger partial charge on any atom is -0.477 e. The summed E-state index contributed by atoms with van der Waals surface area (Å²) in [5.74, 6) is -4.33. The van der Waals surface area contributed by atoms with Crippen molar-refractivity contribution in [2.75, 3.05) is 0 Å². The summed E-state index contributed by atoms with van der Waals surface area (Å²) in [6, 6.07) is 6.37. The third-order valence-electron chi connectivity index (χ3n) is 5.77. The number of aryl methyl sites for hydroxylation is 1. The van der Waals surface area contributed by atoms with Crippen LogP contribution in [0.4, 0.5) is 4.39 Å². The van der Waals surface area contributed by atoms with E-state index in [0.29, 0.717) is 25.3 Å². The first kappa shape index (κ1) is 22.1. The molecule has 4 rings (SSSR count). The molecule has 0 aliphatic heterocycles. The van der Waals surface area contributed by atoms with E-state index >= 15 is 0 Å². The van der Waals surface area contributed by atoms with Crippen molar-refractivity contribution < 1.29 is 24.5 Å². The number of nitrogens with zero attached hydrogens (tertiary/aromatic N) is 3. The van der Waals surface area contributed by atoms with Crippen molar-refractivity contribution in [1.29, 1.82) is 0 Å². The number of allylic oxidation sites excluding steroid dienone is 1. The second kappa shape index (κ2) is 8.80. The van der Waals surface area contributed by atoms with Crippen molar-refractivity contribution >= 4 is 23.1 Å². The maximum atomic E-state index is 13.6. The molecular formula is C24H26FN3O4. The molecule has 0 saturated heterocycles. The molecule has 1 aliphatic carbocycles. The third kappa shape index (κ3) is 4.42. The molecule has 0 unspecified atom stereocenters. The second-order valence-corrected chi connectivity index (χ2v) is 8.18. The lowest BCUT2D eigenvalue weighted by molar-refractivity contribution is -0.205. The lowest BCUT2D eigenvalue weighted by Gasteiger charge is -2.15. The molecule has 3 N–H and O–H groups in total. The Labute approximate surface area is 184 Å². The molecule has 2 heterocycles. The van der Waals surface area contributed by atoms with Crippen molar-refractivity contribution in [1.82, 2.24) is 14.8 Å². The van der Waals surface area contributed by atoms with Gasteiger partial charge in [0.2, 0.25) is 0 Å². The van der Waals surface area contributed by atoms with Gasteiger partial charge in [0, 0.05) is 35.4 Å². The Morgan fingerprint density at radius 1 is 1.28 bits per heavy atom. The molecule has 3 aromatic rings. The zero-order valence-electron chi connectivity index (χ0n) is 17.8. The number of unbranched alkanes of at least 4 members (excludes halogenated alkanes) is 1. The molecule has 1 aromatic carbocycles. The van der Waals surface area contributed by atoms with Gasteiger partial charge in [0.25, 0.3) is 5.79 Å². The monoisotopic (exact) mass is 439 g/mol. The van der Waals surface area contributed by atoms with E-state index in [2.05, 4.69) is 5.10 Å². The van der Waals surface area contributed by atoms with Crippen LogP contribution in [-0.2, 0) is 11.3 Å². The molecule has 0 bridgehead atoms. The number of halogens is 1. The minimum absolute atomic E-state index is 0.270. The highest BCUT2D eigenvalue weighted by atomic mass is 19.1. The van der Waals surface area contributed by atoms with Crippen molar-refractivity contribution in [3.63, 3.8) is 0 Å². The molecule has 8 heteroatoms. The van der Waals surface area contributed by atoms with E-state index < -0.39 is 11.8 Å². The zero-order chi connectivity index (χ0) is 22.9. The Hall–Kier alpha value is -3.10. The molecular weight excluding hydrogens is 413 g/mol. The number of aromatic nitrogens is 3. The van der Waals surface area contributed by atoms with E-state index in [0.717, 1.165) is 46.3 Å². The van der Waals surface area contributed by atoms with Crippen LogP contribution in [0.1, 0.15) is 56.2 Å². The van der Waals surface area contributed by atoms with Gasteiger partial charge in [0.05, 0.1) is 11.9 Å². The van der Waals surface area contributed by atoms with Gasteiger partial charge >= 0.3 is 5.97 Å². The summed E-state index contributed by atoms with van der Waals surface area (Å²) in [7, 11) is 0.